The number of anilines is 2. The van der Waals surface area contributed by atoms with Crippen LogP contribution in [0.25, 0.3) is 0 Å². The zero-order valence-electron chi connectivity index (χ0n) is 12.9. The molecule has 0 unspecified atom stereocenters. The first-order chi connectivity index (χ1) is 11.5. The lowest BCUT2D eigenvalue weighted by Gasteiger charge is -2.19. The molecule has 0 atom stereocenters. The number of hydrazine groups is 1. The number of amides is 1. The van der Waals surface area contributed by atoms with Crippen LogP contribution in [-0.2, 0) is 4.74 Å². The topological polar surface area (TPSA) is 104 Å². The van der Waals surface area contributed by atoms with Crippen LogP contribution in [0.5, 0.6) is 0 Å². The number of rotatable bonds is 5. The summed E-state index contributed by atoms with van der Waals surface area (Å²) in [7, 11) is 2.70. The predicted molar refractivity (Wildman–Crippen MR) is 88.3 cm³/mol. The molecule has 1 amide bonds. The first-order valence-electron chi connectivity index (χ1n) is 6.78. The summed E-state index contributed by atoms with van der Waals surface area (Å²) >= 11 is 5.75. The highest BCUT2D eigenvalue weighted by Gasteiger charge is 2.19. The number of hydrogen-bond acceptors (Lipinski definition) is 7. The molecule has 1 heterocycles. The molecule has 0 aliphatic heterocycles. The molecule has 3 N–H and O–H groups in total. The number of pyridine rings is 1. The Morgan fingerprint density at radius 3 is 2.62 bits per heavy atom. The van der Waals surface area contributed by atoms with Gasteiger partial charge in [0.05, 0.1) is 28.9 Å². The fraction of sp³-hybridized carbons (Fsp3) is 0.133. The molecular weight excluding hydrogens is 336 g/mol. The van der Waals surface area contributed by atoms with Gasteiger partial charge < -0.3 is 10.1 Å². The number of aromatic nitrogens is 1. The molecule has 126 valence electrons. The van der Waals surface area contributed by atoms with Gasteiger partial charge in [-0.05, 0) is 30.3 Å². The molecule has 0 radical (unpaired) electrons. The second-order valence-electron chi connectivity index (χ2n) is 4.57. The van der Waals surface area contributed by atoms with Gasteiger partial charge >= 0.3 is 5.97 Å². The number of benzene rings is 1. The van der Waals surface area contributed by atoms with E-state index in [1.165, 1.54) is 44.6 Å². The Morgan fingerprint density at radius 1 is 1.29 bits per heavy atom. The van der Waals surface area contributed by atoms with Gasteiger partial charge in [-0.15, -0.1) is 0 Å². The number of carbonyl (C=O) groups excluding carboxylic acids is 2. The van der Waals surface area contributed by atoms with Crippen LogP contribution in [0.4, 0.5) is 11.5 Å². The van der Waals surface area contributed by atoms with Gasteiger partial charge in [0, 0.05) is 13.2 Å². The summed E-state index contributed by atoms with van der Waals surface area (Å²) in [6, 6.07) is 7.25. The lowest BCUT2D eigenvalue weighted by atomic mass is 10.1. The second-order valence-corrected chi connectivity index (χ2v) is 5.01. The second kappa shape index (κ2) is 7.73. The van der Waals surface area contributed by atoms with Gasteiger partial charge in [-0.25, -0.2) is 15.2 Å². The number of nitrogens with one attached hydrogen (secondary N) is 2. The van der Waals surface area contributed by atoms with E-state index in [4.69, 9.17) is 11.6 Å². The fourth-order valence-corrected chi connectivity index (χ4v) is 2.01. The van der Waals surface area contributed by atoms with Gasteiger partial charge in [-0.3, -0.25) is 10.0 Å². The monoisotopic (exact) mass is 350 g/mol. The predicted octanol–water partition coefficient (Wildman–Crippen LogP) is 2.10. The minimum absolute atomic E-state index is 0.0477. The van der Waals surface area contributed by atoms with E-state index < -0.39 is 11.9 Å². The number of methoxy groups -OCH3 is 1. The molecule has 2 rings (SSSR count). The smallest absolute Gasteiger partial charge is 0.337 e. The minimum Gasteiger partial charge on any atom is -0.465 e. The van der Waals surface area contributed by atoms with Gasteiger partial charge in [-0.1, -0.05) is 11.6 Å². The van der Waals surface area contributed by atoms with Gasteiger partial charge in [-0.2, -0.15) is 5.17 Å². The van der Waals surface area contributed by atoms with Crippen molar-refractivity contribution >= 4 is 35.0 Å². The Morgan fingerprint density at radius 2 is 2.04 bits per heavy atom. The number of hydrogen-bond donors (Lipinski definition) is 3. The Bertz CT molecular complexity index is 752. The van der Waals surface area contributed by atoms with Crippen molar-refractivity contribution < 1.29 is 19.5 Å². The average Bonchev–Trinajstić information content (AvgIpc) is 2.61. The summed E-state index contributed by atoms with van der Waals surface area (Å²) in [4.78, 5) is 28.1. The van der Waals surface area contributed by atoms with E-state index in [2.05, 4.69) is 20.5 Å². The molecule has 0 aliphatic rings. The van der Waals surface area contributed by atoms with Gasteiger partial charge in [0.15, 0.2) is 0 Å². The molecular formula is C15H15ClN4O4. The van der Waals surface area contributed by atoms with Crippen LogP contribution < -0.4 is 15.9 Å². The third-order valence-corrected chi connectivity index (χ3v) is 3.29. The Balaban J connectivity index is 2.38. The number of ether oxygens (including phenoxy) is 1. The zero-order valence-corrected chi connectivity index (χ0v) is 13.7. The first kappa shape index (κ1) is 17.7. The van der Waals surface area contributed by atoms with Crippen molar-refractivity contribution in [1.29, 1.82) is 0 Å². The third-order valence-electron chi connectivity index (χ3n) is 3.07. The maximum atomic E-state index is 12.5. The quantitative estimate of drug-likeness (QED) is 0.560. The highest BCUT2D eigenvalue weighted by atomic mass is 35.5. The fourth-order valence-electron chi connectivity index (χ4n) is 1.90. The molecule has 0 saturated heterocycles. The molecule has 9 heteroatoms. The molecule has 1 aromatic heterocycles. The maximum absolute atomic E-state index is 12.5. The number of esters is 1. The molecule has 0 saturated carbocycles. The van der Waals surface area contributed by atoms with Crippen molar-refractivity contribution in [2.75, 3.05) is 24.6 Å². The van der Waals surface area contributed by atoms with Crippen LogP contribution >= 0.6 is 11.6 Å². The van der Waals surface area contributed by atoms with Gasteiger partial charge in [0.1, 0.15) is 5.82 Å². The molecule has 0 spiro atoms. The van der Waals surface area contributed by atoms with E-state index in [1.807, 2.05) is 0 Å². The van der Waals surface area contributed by atoms with Crippen molar-refractivity contribution in [3.8, 4) is 0 Å². The summed E-state index contributed by atoms with van der Waals surface area (Å²) in [6.45, 7) is 0. The van der Waals surface area contributed by atoms with Crippen LogP contribution in [0.15, 0.2) is 36.5 Å². The molecule has 1 aromatic carbocycles. The van der Waals surface area contributed by atoms with Crippen LogP contribution in [0.3, 0.4) is 0 Å². The van der Waals surface area contributed by atoms with E-state index in [1.54, 1.807) is 6.07 Å². The summed E-state index contributed by atoms with van der Waals surface area (Å²) in [5.41, 5.74) is 2.83. The molecule has 2 aromatic rings. The standard InChI is InChI=1S/C15H15ClN4O4/c1-17-20(23)12-5-3-9(15(22)24-2)7-11(12)14(21)19-13-6-4-10(16)8-18-13/h3-8,17,23H,1-2H3,(H,18,19,21). The van der Waals surface area contributed by atoms with Crippen LogP contribution in [0.2, 0.25) is 5.02 Å². The molecule has 0 fully saturated rings. The summed E-state index contributed by atoms with van der Waals surface area (Å²) < 4.78 is 4.64. The highest BCUT2D eigenvalue weighted by molar-refractivity contribution is 6.30. The zero-order chi connectivity index (χ0) is 17.7. The molecule has 24 heavy (non-hydrogen) atoms. The number of carbonyl (C=O) groups is 2. The largest absolute Gasteiger partial charge is 0.465 e. The van der Waals surface area contributed by atoms with Crippen molar-refractivity contribution in [3.05, 3.63) is 52.7 Å². The van der Waals surface area contributed by atoms with Crippen molar-refractivity contribution in [1.82, 2.24) is 10.4 Å². The van der Waals surface area contributed by atoms with E-state index in [0.717, 1.165) is 0 Å². The number of halogens is 1. The highest BCUT2D eigenvalue weighted by Crippen LogP contribution is 2.22. The lowest BCUT2D eigenvalue weighted by molar-refractivity contribution is 0.0600. The van der Waals surface area contributed by atoms with E-state index in [-0.39, 0.29) is 22.6 Å². The van der Waals surface area contributed by atoms with Gasteiger partial charge in [0.2, 0.25) is 0 Å². The summed E-state index contributed by atoms with van der Waals surface area (Å²) in [6.07, 6.45) is 1.38. The first-order valence-corrected chi connectivity index (χ1v) is 7.15. The van der Waals surface area contributed by atoms with Crippen LogP contribution in [0, 0.1) is 0 Å². The number of nitrogens with zero attached hydrogens (tertiary/aromatic N) is 2. The van der Waals surface area contributed by atoms with Crippen molar-refractivity contribution in [2.45, 2.75) is 0 Å². The Hall–Kier alpha value is -2.68. The van der Waals surface area contributed by atoms with Crippen molar-refractivity contribution in [2.24, 2.45) is 0 Å². The van der Waals surface area contributed by atoms with Gasteiger partial charge in [0.25, 0.3) is 5.91 Å². The lowest BCUT2D eigenvalue weighted by Crippen LogP contribution is -2.33. The molecule has 0 bridgehead atoms. The third kappa shape index (κ3) is 3.99. The SMILES string of the molecule is CNN(O)c1ccc(C(=O)OC)cc1C(=O)Nc1ccc(Cl)cn1. The van der Waals surface area contributed by atoms with E-state index in [0.29, 0.717) is 10.2 Å². The van der Waals surface area contributed by atoms with E-state index in [9.17, 15) is 14.8 Å². The van der Waals surface area contributed by atoms with Crippen molar-refractivity contribution in [3.63, 3.8) is 0 Å². The maximum Gasteiger partial charge on any atom is 0.337 e. The summed E-state index contributed by atoms with van der Waals surface area (Å²) in [5.74, 6) is -0.901. The average molecular weight is 351 g/mol. The Labute approximate surface area is 142 Å². The molecule has 0 aliphatic carbocycles. The Kier molecular flexibility index (Phi) is 5.69. The normalized spacial score (nSPS) is 10.2. The minimum atomic E-state index is -0.603. The molecule has 8 nitrogen and oxygen atoms in total. The summed E-state index contributed by atoms with van der Waals surface area (Å²) in [5, 5.41) is 13.5. The van der Waals surface area contributed by atoms with Crippen LogP contribution in [0.1, 0.15) is 20.7 Å². The van der Waals surface area contributed by atoms with E-state index >= 15 is 0 Å². The van der Waals surface area contributed by atoms with Crippen LogP contribution in [-0.4, -0.2) is 36.2 Å².